The first-order valence-electron chi connectivity index (χ1n) is 3.04. The van der Waals surface area contributed by atoms with E-state index in [2.05, 4.69) is 0 Å². The molecule has 1 aromatic rings. The summed E-state index contributed by atoms with van der Waals surface area (Å²) in [7, 11) is 0. The zero-order valence-electron chi connectivity index (χ0n) is 5.69. The van der Waals surface area contributed by atoms with Crippen LogP contribution in [0.5, 0.6) is 0 Å². The molecule has 1 rings (SSSR count). The Labute approximate surface area is 63.3 Å². The number of carbonyl (C=O) groups is 2. The summed E-state index contributed by atoms with van der Waals surface area (Å²) in [6.45, 7) is 0. The van der Waals surface area contributed by atoms with Gasteiger partial charge in [-0.1, -0.05) is 0 Å². The van der Waals surface area contributed by atoms with Crippen molar-refractivity contribution < 1.29 is 14.0 Å². The van der Waals surface area contributed by atoms with Gasteiger partial charge in [0.1, 0.15) is 6.29 Å². The largest absolute Gasteiger partial charge is 0.461 e. The minimum Gasteiger partial charge on any atom is -0.461 e. The van der Waals surface area contributed by atoms with Gasteiger partial charge in [-0.15, -0.1) is 0 Å². The lowest BCUT2D eigenvalue weighted by atomic mass is 10.3. The SMILES string of the molecule is O=C/C=C/C(=O)c1ccco1. The van der Waals surface area contributed by atoms with Crippen LogP contribution in [-0.4, -0.2) is 12.1 Å². The monoisotopic (exact) mass is 150 g/mol. The van der Waals surface area contributed by atoms with Gasteiger partial charge < -0.3 is 4.42 Å². The van der Waals surface area contributed by atoms with Gasteiger partial charge in [-0.25, -0.2) is 0 Å². The molecule has 0 radical (unpaired) electrons. The van der Waals surface area contributed by atoms with Crippen molar-refractivity contribution >= 4 is 12.1 Å². The van der Waals surface area contributed by atoms with E-state index < -0.39 is 0 Å². The predicted molar refractivity (Wildman–Crippen MR) is 38.2 cm³/mol. The van der Waals surface area contributed by atoms with Gasteiger partial charge in [0, 0.05) is 0 Å². The summed E-state index contributed by atoms with van der Waals surface area (Å²) < 4.78 is 4.78. The van der Waals surface area contributed by atoms with E-state index in [0.29, 0.717) is 6.29 Å². The Morgan fingerprint density at radius 3 is 2.91 bits per heavy atom. The fraction of sp³-hybridized carbons (Fsp3) is 0. The smallest absolute Gasteiger partial charge is 0.221 e. The number of aldehydes is 1. The molecule has 0 saturated carbocycles. The molecule has 0 N–H and O–H groups in total. The normalized spacial score (nSPS) is 10.2. The average Bonchev–Trinajstić information content (AvgIpc) is 2.52. The first-order valence-corrected chi connectivity index (χ1v) is 3.04. The summed E-state index contributed by atoms with van der Waals surface area (Å²) in [5.74, 6) is -0.0646. The van der Waals surface area contributed by atoms with Crippen LogP contribution in [0, 0.1) is 0 Å². The number of ketones is 1. The van der Waals surface area contributed by atoms with Crippen molar-refractivity contribution in [1.29, 1.82) is 0 Å². The number of carbonyl (C=O) groups excluding carboxylic acids is 2. The average molecular weight is 150 g/mol. The molecule has 0 atom stereocenters. The molecule has 0 fully saturated rings. The van der Waals surface area contributed by atoms with Crippen LogP contribution in [0.2, 0.25) is 0 Å². The van der Waals surface area contributed by atoms with Gasteiger partial charge in [-0.2, -0.15) is 0 Å². The van der Waals surface area contributed by atoms with Gasteiger partial charge in [-0.3, -0.25) is 9.59 Å². The molecule has 1 heterocycles. The van der Waals surface area contributed by atoms with E-state index in [1.165, 1.54) is 12.3 Å². The minimum absolute atomic E-state index is 0.239. The van der Waals surface area contributed by atoms with Gasteiger partial charge in [0.2, 0.25) is 5.78 Å². The van der Waals surface area contributed by atoms with Crippen LogP contribution in [0.15, 0.2) is 35.0 Å². The zero-order valence-corrected chi connectivity index (χ0v) is 5.69. The number of hydrogen-bond donors (Lipinski definition) is 0. The Balaban J connectivity index is 2.71. The van der Waals surface area contributed by atoms with E-state index in [1.807, 2.05) is 0 Å². The molecule has 0 unspecified atom stereocenters. The summed E-state index contributed by atoms with van der Waals surface area (Å²) in [4.78, 5) is 20.7. The summed E-state index contributed by atoms with van der Waals surface area (Å²) in [5.41, 5.74) is 0. The fourth-order valence-corrected chi connectivity index (χ4v) is 0.628. The molecule has 1 aromatic heterocycles. The maximum atomic E-state index is 10.9. The van der Waals surface area contributed by atoms with Crippen LogP contribution in [0.4, 0.5) is 0 Å². The zero-order chi connectivity index (χ0) is 8.10. The van der Waals surface area contributed by atoms with Crippen molar-refractivity contribution in [2.45, 2.75) is 0 Å². The summed E-state index contributed by atoms with van der Waals surface area (Å²) >= 11 is 0. The van der Waals surface area contributed by atoms with Gasteiger partial charge >= 0.3 is 0 Å². The highest BCUT2D eigenvalue weighted by Crippen LogP contribution is 2.01. The molecule has 3 heteroatoms. The third-order valence-corrected chi connectivity index (χ3v) is 1.09. The Morgan fingerprint density at radius 2 is 2.36 bits per heavy atom. The highest BCUT2D eigenvalue weighted by molar-refractivity contribution is 6.03. The third-order valence-electron chi connectivity index (χ3n) is 1.09. The van der Waals surface area contributed by atoms with E-state index in [1.54, 1.807) is 6.07 Å². The second-order valence-corrected chi connectivity index (χ2v) is 1.84. The molecule has 0 aliphatic heterocycles. The van der Waals surface area contributed by atoms with Crippen LogP contribution >= 0.6 is 0 Å². The van der Waals surface area contributed by atoms with Gasteiger partial charge in [0.25, 0.3) is 0 Å². The van der Waals surface area contributed by atoms with Gasteiger partial charge in [0.15, 0.2) is 5.76 Å². The molecular formula is C8H6O3. The van der Waals surface area contributed by atoms with Crippen molar-refractivity contribution in [2.24, 2.45) is 0 Å². The Morgan fingerprint density at radius 1 is 1.55 bits per heavy atom. The second-order valence-electron chi connectivity index (χ2n) is 1.84. The van der Waals surface area contributed by atoms with Crippen LogP contribution in [0.25, 0.3) is 0 Å². The Hall–Kier alpha value is -1.64. The van der Waals surface area contributed by atoms with E-state index in [-0.39, 0.29) is 11.5 Å². The Kier molecular flexibility index (Phi) is 2.38. The first kappa shape index (κ1) is 7.47. The van der Waals surface area contributed by atoms with E-state index in [9.17, 15) is 9.59 Å². The summed E-state index contributed by atoms with van der Waals surface area (Å²) in [6.07, 6.45) is 4.24. The van der Waals surface area contributed by atoms with Crippen LogP contribution in [-0.2, 0) is 4.79 Å². The highest BCUT2D eigenvalue weighted by atomic mass is 16.3. The topological polar surface area (TPSA) is 47.3 Å². The minimum atomic E-state index is -0.304. The standard InChI is InChI=1S/C8H6O3/c9-5-1-3-7(10)8-4-2-6-11-8/h1-6H/b3-1+. The lowest BCUT2D eigenvalue weighted by molar-refractivity contribution is -0.104. The van der Waals surface area contributed by atoms with Crippen molar-refractivity contribution in [2.75, 3.05) is 0 Å². The van der Waals surface area contributed by atoms with Gasteiger partial charge in [-0.05, 0) is 24.3 Å². The maximum absolute atomic E-state index is 10.9. The number of hydrogen-bond acceptors (Lipinski definition) is 3. The quantitative estimate of drug-likeness (QED) is 0.369. The molecule has 56 valence electrons. The molecule has 3 nitrogen and oxygen atoms in total. The predicted octanol–water partition coefficient (Wildman–Crippen LogP) is 1.22. The molecule has 0 bridgehead atoms. The van der Waals surface area contributed by atoms with Crippen LogP contribution in [0.3, 0.4) is 0 Å². The fourth-order valence-electron chi connectivity index (χ4n) is 0.628. The number of rotatable bonds is 3. The van der Waals surface area contributed by atoms with Crippen molar-refractivity contribution in [3.05, 3.63) is 36.3 Å². The third kappa shape index (κ3) is 1.89. The number of allylic oxidation sites excluding steroid dienone is 2. The highest BCUT2D eigenvalue weighted by Gasteiger charge is 2.02. The van der Waals surface area contributed by atoms with Crippen molar-refractivity contribution in [3.8, 4) is 0 Å². The van der Waals surface area contributed by atoms with E-state index in [0.717, 1.165) is 12.2 Å². The van der Waals surface area contributed by atoms with Crippen LogP contribution < -0.4 is 0 Å². The molecule has 0 aromatic carbocycles. The summed E-state index contributed by atoms with van der Waals surface area (Å²) in [5, 5.41) is 0. The second kappa shape index (κ2) is 3.51. The molecule has 11 heavy (non-hydrogen) atoms. The molecule has 0 amide bonds. The van der Waals surface area contributed by atoms with Crippen molar-refractivity contribution in [3.63, 3.8) is 0 Å². The van der Waals surface area contributed by atoms with E-state index in [4.69, 9.17) is 4.42 Å². The lowest BCUT2D eigenvalue weighted by Crippen LogP contribution is -1.90. The number of furan rings is 1. The maximum Gasteiger partial charge on any atom is 0.221 e. The molecule has 0 aliphatic carbocycles. The molecule has 0 spiro atoms. The molecule has 0 saturated heterocycles. The lowest BCUT2D eigenvalue weighted by Gasteiger charge is -1.83. The summed E-state index contributed by atoms with van der Waals surface area (Å²) in [6, 6.07) is 3.15. The first-order chi connectivity index (χ1) is 5.34. The molecular weight excluding hydrogens is 144 g/mol. The van der Waals surface area contributed by atoms with Crippen LogP contribution in [0.1, 0.15) is 10.6 Å². The van der Waals surface area contributed by atoms with Gasteiger partial charge in [0.05, 0.1) is 6.26 Å². The molecule has 0 aliphatic rings. The van der Waals surface area contributed by atoms with E-state index >= 15 is 0 Å². The Bertz CT molecular complexity index is 270. The van der Waals surface area contributed by atoms with Crippen molar-refractivity contribution in [1.82, 2.24) is 0 Å².